The molecule has 0 bridgehead atoms. The largest absolute Gasteiger partial charge is 0.507 e. The highest BCUT2D eigenvalue weighted by Crippen LogP contribution is 2.41. The molecule has 1 aromatic heterocycles. The van der Waals surface area contributed by atoms with E-state index in [-0.39, 0.29) is 5.75 Å². The van der Waals surface area contributed by atoms with Crippen molar-refractivity contribution in [2.45, 2.75) is 6.54 Å². The number of esters is 1. The van der Waals surface area contributed by atoms with Crippen molar-refractivity contribution in [2.75, 3.05) is 7.11 Å². The van der Waals surface area contributed by atoms with Crippen molar-refractivity contribution in [3.63, 3.8) is 0 Å². The summed E-state index contributed by atoms with van der Waals surface area (Å²) in [7, 11) is 1.34. The fraction of sp³-hybridized carbons (Fsp3) is 0.0714. The number of aromatic hydroxyl groups is 1. The lowest BCUT2D eigenvalue weighted by Crippen LogP contribution is -2.03. The van der Waals surface area contributed by atoms with Crippen LogP contribution >= 0.6 is 11.6 Å². The van der Waals surface area contributed by atoms with E-state index in [0.29, 0.717) is 33.5 Å². The maximum absolute atomic E-state index is 12.6. The van der Waals surface area contributed by atoms with Crippen molar-refractivity contribution < 1.29 is 14.6 Å². The Morgan fingerprint density at radius 3 is 2.47 bits per heavy atom. The van der Waals surface area contributed by atoms with Gasteiger partial charge >= 0.3 is 5.97 Å². The lowest BCUT2D eigenvalue weighted by Gasteiger charge is -2.11. The molecule has 5 nitrogen and oxygen atoms in total. The molecule has 0 radical (unpaired) electrons. The lowest BCUT2D eigenvalue weighted by atomic mass is 10.0. The molecule has 1 N–H and O–H groups in total. The number of carbonyl (C=O) groups is 1. The summed E-state index contributed by atoms with van der Waals surface area (Å²) in [5, 5.41) is 22.6. The molecule has 0 fully saturated rings. The van der Waals surface area contributed by atoms with Crippen LogP contribution in [0.3, 0.4) is 0 Å². The number of fused-ring (bicyclic) bond motifs is 3. The zero-order valence-electron chi connectivity index (χ0n) is 18.2. The highest BCUT2D eigenvalue weighted by atomic mass is 35.5. The highest BCUT2D eigenvalue weighted by molar-refractivity contribution is 6.30. The minimum absolute atomic E-state index is 0.0520. The number of aromatic nitrogens is 1. The Bertz CT molecular complexity index is 1610. The molecular weight excluding hydrogens is 448 g/mol. The van der Waals surface area contributed by atoms with E-state index in [1.807, 2.05) is 47.0 Å². The molecule has 0 aliphatic rings. The van der Waals surface area contributed by atoms with E-state index < -0.39 is 5.97 Å². The van der Waals surface area contributed by atoms with Crippen LogP contribution in [-0.2, 0) is 11.3 Å². The van der Waals surface area contributed by atoms with Gasteiger partial charge in [0.2, 0.25) is 0 Å². The smallest absolute Gasteiger partial charge is 0.338 e. The van der Waals surface area contributed by atoms with Gasteiger partial charge in [0.15, 0.2) is 0 Å². The Kier molecular flexibility index (Phi) is 5.45. The predicted octanol–water partition coefficient (Wildman–Crippen LogP) is 6.53. The van der Waals surface area contributed by atoms with Crippen LogP contribution in [0.25, 0.3) is 32.9 Å². The van der Waals surface area contributed by atoms with E-state index in [4.69, 9.17) is 16.3 Å². The Hall–Kier alpha value is -4.27. The number of carbonyl (C=O) groups excluding carboxylic acids is 1. The third-order valence-corrected chi connectivity index (χ3v) is 6.27. The molecule has 34 heavy (non-hydrogen) atoms. The Labute approximate surface area is 201 Å². The number of halogens is 1. The fourth-order valence-electron chi connectivity index (χ4n) is 4.44. The molecule has 0 aliphatic heterocycles. The lowest BCUT2D eigenvalue weighted by molar-refractivity contribution is 0.0603. The van der Waals surface area contributed by atoms with Gasteiger partial charge in [-0.15, -0.1) is 0 Å². The Balaban J connectivity index is 1.86. The van der Waals surface area contributed by atoms with Crippen molar-refractivity contribution in [1.29, 1.82) is 5.26 Å². The molecule has 0 atom stereocenters. The molecule has 5 aromatic rings. The fourth-order valence-corrected chi connectivity index (χ4v) is 4.56. The molecule has 6 heteroatoms. The highest BCUT2D eigenvalue weighted by Gasteiger charge is 2.22. The van der Waals surface area contributed by atoms with Gasteiger partial charge in [0.25, 0.3) is 0 Å². The van der Waals surface area contributed by atoms with E-state index in [1.165, 1.54) is 7.11 Å². The van der Waals surface area contributed by atoms with Crippen LogP contribution in [0.1, 0.15) is 21.5 Å². The van der Waals surface area contributed by atoms with Crippen molar-refractivity contribution in [1.82, 2.24) is 4.57 Å². The number of benzene rings is 4. The number of phenols is 1. The second-order valence-corrected chi connectivity index (χ2v) is 8.38. The van der Waals surface area contributed by atoms with Gasteiger partial charge in [-0.25, -0.2) is 4.79 Å². The second-order valence-electron chi connectivity index (χ2n) is 7.94. The van der Waals surface area contributed by atoms with Crippen LogP contribution in [0.15, 0.2) is 78.9 Å². The first-order chi connectivity index (χ1) is 16.5. The quantitative estimate of drug-likeness (QED) is 0.306. The zero-order chi connectivity index (χ0) is 23.8. The first kappa shape index (κ1) is 21.6. The van der Waals surface area contributed by atoms with Crippen LogP contribution in [0.4, 0.5) is 0 Å². The van der Waals surface area contributed by atoms with Crippen molar-refractivity contribution >= 4 is 39.4 Å². The molecule has 0 spiro atoms. The van der Waals surface area contributed by atoms with Gasteiger partial charge in [-0.1, -0.05) is 48.0 Å². The Morgan fingerprint density at radius 1 is 0.971 bits per heavy atom. The number of ether oxygens (including phenoxy) is 1. The average Bonchev–Trinajstić information content (AvgIpc) is 3.18. The minimum Gasteiger partial charge on any atom is -0.507 e. The third kappa shape index (κ3) is 3.55. The molecule has 166 valence electrons. The first-order valence-electron chi connectivity index (χ1n) is 10.6. The van der Waals surface area contributed by atoms with Crippen LogP contribution in [0.2, 0.25) is 5.02 Å². The molecule has 0 unspecified atom stereocenters. The van der Waals surface area contributed by atoms with Gasteiger partial charge in [0.05, 0.1) is 40.7 Å². The molecule has 1 heterocycles. The summed E-state index contributed by atoms with van der Waals surface area (Å²) < 4.78 is 7.04. The summed E-state index contributed by atoms with van der Waals surface area (Å²) >= 11 is 6.06. The van der Waals surface area contributed by atoms with Gasteiger partial charge in [-0.3, -0.25) is 0 Å². The van der Waals surface area contributed by atoms with Gasteiger partial charge in [-0.2, -0.15) is 5.26 Å². The number of nitrogens with zero attached hydrogens (tertiary/aromatic N) is 2. The molecule has 5 rings (SSSR count). The van der Waals surface area contributed by atoms with E-state index in [2.05, 4.69) is 6.07 Å². The SMILES string of the molecule is COC(=O)c1cccc2c1c1c(O)cc(-c3ccc(Cl)cc3)cc1n2Cc1ccccc1C#N. The molecule has 0 saturated carbocycles. The number of methoxy groups -OCH3 is 1. The van der Waals surface area contributed by atoms with E-state index in [9.17, 15) is 15.2 Å². The summed E-state index contributed by atoms with van der Waals surface area (Å²) in [6.45, 7) is 0.387. The topological polar surface area (TPSA) is 75.2 Å². The summed E-state index contributed by atoms with van der Waals surface area (Å²) in [5.41, 5.74) is 4.97. The number of hydrogen-bond acceptors (Lipinski definition) is 4. The van der Waals surface area contributed by atoms with Crippen molar-refractivity contribution in [3.8, 4) is 22.9 Å². The third-order valence-electron chi connectivity index (χ3n) is 6.02. The van der Waals surface area contributed by atoms with Crippen LogP contribution in [-0.4, -0.2) is 22.8 Å². The monoisotopic (exact) mass is 466 g/mol. The first-order valence-corrected chi connectivity index (χ1v) is 11.0. The predicted molar refractivity (Wildman–Crippen MR) is 133 cm³/mol. The van der Waals surface area contributed by atoms with Gasteiger partial charge < -0.3 is 14.4 Å². The maximum Gasteiger partial charge on any atom is 0.338 e. The molecule has 0 aliphatic carbocycles. The van der Waals surface area contributed by atoms with Gasteiger partial charge in [0, 0.05) is 17.0 Å². The summed E-state index contributed by atoms with van der Waals surface area (Å²) in [6.07, 6.45) is 0. The molecule has 0 amide bonds. The van der Waals surface area contributed by atoms with Crippen LogP contribution < -0.4 is 0 Å². The Morgan fingerprint density at radius 2 is 1.74 bits per heavy atom. The number of nitriles is 1. The number of rotatable bonds is 4. The normalized spacial score (nSPS) is 11.0. The summed E-state index contributed by atoms with van der Waals surface area (Å²) in [4.78, 5) is 12.6. The molecular formula is C28H19ClN2O3. The van der Waals surface area contributed by atoms with Crippen LogP contribution in [0.5, 0.6) is 5.75 Å². The van der Waals surface area contributed by atoms with E-state index in [1.54, 1.807) is 36.4 Å². The van der Waals surface area contributed by atoms with Crippen LogP contribution in [0, 0.1) is 11.3 Å². The van der Waals surface area contributed by atoms with E-state index >= 15 is 0 Å². The summed E-state index contributed by atoms with van der Waals surface area (Å²) in [6, 6.07) is 26.1. The molecule has 0 saturated heterocycles. The average molecular weight is 467 g/mol. The second kappa shape index (κ2) is 8.58. The summed E-state index contributed by atoms with van der Waals surface area (Å²) in [5.74, 6) is -0.431. The van der Waals surface area contributed by atoms with Crippen molar-refractivity contribution in [3.05, 3.63) is 101 Å². The maximum atomic E-state index is 12.6. The molecule has 4 aromatic carbocycles. The zero-order valence-corrected chi connectivity index (χ0v) is 19.0. The van der Waals surface area contributed by atoms with Gasteiger partial charge in [0.1, 0.15) is 5.75 Å². The number of hydrogen-bond donors (Lipinski definition) is 1. The number of phenolic OH excluding ortho intramolecular Hbond substituents is 1. The van der Waals surface area contributed by atoms with Crippen molar-refractivity contribution in [2.24, 2.45) is 0 Å². The van der Waals surface area contributed by atoms with E-state index in [0.717, 1.165) is 27.7 Å². The minimum atomic E-state index is -0.483. The van der Waals surface area contributed by atoms with Gasteiger partial charge in [-0.05, 0) is 59.2 Å². The standard InChI is InChI=1S/C28H19ClN2O3/c1-34-28(33)22-7-4-8-23-26(22)27-24(31(23)16-19-6-3-2-5-18(19)15-30)13-20(14-25(27)32)17-9-11-21(29)12-10-17/h2-14,32H,16H2,1H3.